The topological polar surface area (TPSA) is 47.6 Å². The van der Waals surface area contributed by atoms with Crippen LogP contribution in [0.5, 0.6) is 0 Å². The van der Waals surface area contributed by atoms with Gasteiger partial charge in [0.2, 0.25) is 5.91 Å². The molecule has 3 rings (SSSR count). The Kier molecular flexibility index (Phi) is 4.74. The first-order chi connectivity index (χ1) is 10.7. The molecule has 1 N–H and O–H groups in total. The number of carbonyl (C=O) groups is 1. The van der Waals surface area contributed by atoms with Crippen molar-refractivity contribution in [1.29, 1.82) is 0 Å². The van der Waals surface area contributed by atoms with Gasteiger partial charge in [-0.2, -0.15) is 0 Å². The van der Waals surface area contributed by atoms with Gasteiger partial charge in [-0.1, -0.05) is 12.1 Å². The molecule has 0 atom stereocenters. The zero-order valence-corrected chi connectivity index (χ0v) is 12.6. The van der Waals surface area contributed by atoms with Gasteiger partial charge < -0.3 is 14.8 Å². The first-order valence-electron chi connectivity index (χ1n) is 7.97. The minimum Gasteiger partial charge on any atom is -0.356 e. The van der Waals surface area contributed by atoms with E-state index in [4.69, 9.17) is 9.47 Å². The van der Waals surface area contributed by atoms with E-state index in [-0.39, 0.29) is 17.6 Å². The highest BCUT2D eigenvalue weighted by molar-refractivity contribution is 5.78. The molecule has 0 aromatic heterocycles. The Bertz CT molecular complexity index is 518. The number of amides is 1. The summed E-state index contributed by atoms with van der Waals surface area (Å²) in [7, 11) is 0. The first-order valence-corrected chi connectivity index (χ1v) is 7.97. The van der Waals surface area contributed by atoms with Crippen LogP contribution in [0.4, 0.5) is 4.39 Å². The molecule has 1 saturated heterocycles. The average molecular weight is 307 g/mol. The van der Waals surface area contributed by atoms with Gasteiger partial charge in [0, 0.05) is 25.3 Å². The number of benzene rings is 1. The van der Waals surface area contributed by atoms with Crippen LogP contribution in [0.15, 0.2) is 24.3 Å². The Hall–Kier alpha value is -1.46. The van der Waals surface area contributed by atoms with Gasteiger partial charge in [0.15, 0.2) is 5.79 Å². The molecule has 0 unspecified atom stereocenters. The molecule has 0 radical (unpaired) electrons. The number of nitrogens with one attached hydrogen (secondary N) is 1. The van der Waals surface area contributed by atoms with Gasteiger partial charge in [-0.25, -0.2) is 4.39 Å². The lowest BCUT2D eigenvalue weighted by atomic mass is 9.84. The van der Waals surface area contributed by atoms with Crippen molar-refractivity contribution in [3.05, 3.63) is 35.6 Å². The summed E-state index contributed by atoms with van der Waals surface area (Å²) < 4.78 is 24.4. The van der Waals surface area contributed by atoms with Crippen LogP contribution in [0.2, 0.25) is 0 Å². The summed E-state index contributed by atoms with van der Waals surface area (Å²) in [6.45, 7) is 1.85. The summed E-state index contributed by atoms with van der Waals surface area (Å²) in [6, 6.07) is 6.49. The highest BCUT2D eigenvalue weighted by Crippen LogP contribution is 2.38. The Morgan fingerprint density at radius 1 is 1.27 bits per heavy atom. The Balaban J connectivity index is 1.41. The van der Waals surface area contributed by atoms with Crippen LogP contribution >= 0.6 is 0 Å². The molecule has 1 heterocycles. The molecule has 1 aliphatic carbocycles. The zero-order chi connectivity index (χ0) is 15.4. The lowest BCUT2D eigenvalue weighted by Crippen LogP contribution is -2.40. The molecule has 1 amide bonds. The third kappa shape index (κ3) is 3.65. The second kappa shape index (κ2) is 6.75. The standard InChI is InChI=1S/C17H22FNO3/c18-15-3-1-2-13(12-15)6-9-19-16(20)14-4-7-17(8-5-14)21-10-11-22-17/h1-3,12,14H,4-11H2,(H,19,20). The number of carbonyl (C=O) groups excluding carboxylic acids is 1. The summed E-state index contributed by atoms with van der Waals surface area (Å²) in [4.78, 5) is 12.2. The molecule has 4 nitrogen and oxygen atoms in total. The van der Waals surface area contributed by atoms with Gasteiger partial charge in [-0.15, -0.1) is 0 Å². The van der Waals surface area contributed by atoms with Crippen LogP contribution in [-0.2, 0) is 20.7 Å². The monoisotopic (exact) mass is 307 g/mol. The maximum absolute atomic E-state index is 13.1. The quantitative estimate of drug-likeness (QED) is 0.929. The van der Waals surface area contributed by atoms with Gasteiger partial charge >= 0.3 is 0 Å². The van der Waals surface area contributed by atoms with E-state index in [1.54, 1.807) is 6.07 Å². The van der Waals surface area contributed by atoms with Gasteiger partial charge in [0.05, 0.1) is 13.2 Å². The summed E-state index contributed by atoms with van der Waals surface area (Å²) in [5.41, 5.74) is 0.899. The van der Waals surface area contributed by atoms with E-state index in [0.717, 1.165) is 31.2 Å². The number of halogens is 1. The number of hydrogen-bond donors (Lipinski definition) is 1. The van der Waals surface area contributed by atoms with Gasteiger partial charge in [-0.3, -0.25) is 4.79 Å². The van der Waals surface area contributed by atoms with E-state index in [1.807, 2.05) is 6.07 Å². The molecule has 1 aliphatic heterocycles. The molecule has 0 bridgehead atoms. The minimum atomic E-state index is -0.418. The second-order valence-corrected chi connectivity index (χ2v) is 6.05. The molecular weight excluding hydrogens is 285 g/mol. The molecule has 2 aliphatic rings. The van der Waals surface area contributed by atoms with Crippen LogP contribution in [-0.4, -0.2) is 31.5 Å². The lowest BCUT2D eigenvalue weighted by molar-refractivity contribution is -0.183. The Labute approximate surface area is 130 Å². The van der Waals surface area contributed by atoms with Gasteiger partial charge in [0.25, 0.3) is 0 Å². The van der Waals surface area contributed by atoms with Gasteiger partial charge in [0.1, 0.15) is 5.82 Å². The van der Waals surface area contributed by atoms with E-state index in [0.29, 0.717) is 26.2 Å². The van der Waals surface area contributed by atoms with Crippen molar-refractivity contribution in [2.45, 2.75) is 37.9 Å². The average Bonchev–Trinajstić information content (AvgIpc) is 2.96. The fourth-order valence-corrected chi connectivity index (χ4v) is 3.27. The maximum Gasteiger partial charge on any atom is 0.223 e. The molecule has 120 valence electrons. The van der Waals surface area contributed by atoms with Crippen molar-refractivity contribution in [3.63, 3.8) is 0 Å². The second-order valence-electron chi connectivity index (χ2n) is 6.05. The summed E-state index contributed by atoms with van der Waals surface area (Å²) >= 11 is 0. The predicted octanol–water partition coefficient (Wildman–Crippen LogP) is 2.42. The predicted molar refractivity (Wildman–Crippen MR) is 79.7 cm³/mol. The molecule has 1 saturated carbocycles. The third-order valence-corrected chi connectivity index (χ3v) is 4.53. The number of rotatable bonds is 4. The van der Waals surface area contributed by atoms with E-state index >= 15 is 0 Å². The summed E-state index contributed by atoms with van der Waals surface area (Å²) in [5, 5.41) is 2.96. The zero-order valence-electron chi connectivity index (χ0n) is 12.6. The fourth-order valence-electron chi connectivity index (χ4n) is 3.27. The molecule has 5 heteroatoms. The van der Waals surface area contributed by atoms with Crippen molar-refractivity contribution in [3.8, 4) is 0 Å². The normalized spacial score (nSPS) is 21.1. The molecule has 1 aromatic rings. The molecular formula is C17H22FNO3. The highest BCUT2D eigenvalue weighted by Gasteiger charge is 2.41. The largest absolute Gasteiger partial charge is 0.356 e. The molecule has 2 fully saturated rings. The summed E-state index contributed by atoms with van der Waals surface area (Å²) in [6.07, 6.45) is 3.81. The van der Waals surface area contributed by atoms with Gasteiger partial charge in [-0.05, 0) is 37.0 Å². The van der Waals surface area contributed by atoms with Crippen molar-refractivity contribution >= 4 is 5.91 Å². The van der Waals surface area contributed by atoms with Crippen molar-refractivity contribution in [2.24, 2.45) is 5.92 Å². The minimum absolute atomic E-state index is 0.0333. The van der Waals surface area contributed by atoms with E-state index < -0.39 is 5.79 Å². The van der Waals surface area contributed by atoms with E-state index in [9.17, 15) is 9.18 Å². The van der Waals surface area contributed by atoms with E-state index in [1.165, 1.54) is 12.1 Å². The molecule has 1 spiro atoms. The van der Waals surface area contributed by atoms with E-state index in [2.05, 4.69) is 5.32 Å². The van der Waals surface area contributed by atoms with Crippen LogP contribution in [0.25, 0.3) is 0 Å². The Morgan fingerprint density at radius 2 is 2.00 bits per heavy atom. The highest BCUT2D eigenvalue weighted by atomic mass is 19.1. The maximum atomic E-state index is 13.1. The lowest BCUT2D eigenvalue weighted by Gasteiger charge is -2.34. The van der Waals surface area contributed by atoms with Crippen LogP contribution < -0.4 is 5.32 Å². The van der Waals surface area contributed by atoms with Crippen LogP contribution in [0.3, 0.4) is 0 Å². The van der Waals surface area contributed by atoms with Crippen molar-refractivity contribution in [2.75, 3.05) is 19.8 Å². The SMILES string of the molecule is O=C(NCCc1cccc(F)c1)C1CCC2(CC1)OCCO2. The number of hydrogen-bond acceptors (Lipinski definition) is 3. The summed E-state index contributed by atoms with van der Waals surface area (Å²) in [5.74, 6) is -0.536. The molecule has 1 aromatic carbocycles. The number of ether oxygens (including phenoxy) is 2. The first kappa shape index (κ1) is 15.4. The Morgan fingerprint density at radius 3 is 2.68 bits per heavy atom. The van der Waals surface area contributed by atoms with Crippen LogP contribution in [0, 0.1) is 11.7 Å². The third-order valence-electron chi connectivity index (χ3n) is 4.53. The van der Waals surface area contributed by atoms with Crippen molar-refractivity contribution in [1.82, 2.24) is 5.32 Å². The molecule has 22 heavy (non-hydrogen) atoms. The van der Waals surface area contributed by atoms with Crippen molar-refractivity contribution < 1.29 is 18.7 Å². The van der Waals surface area contributed by atoms with Crippen LogP contribution in [0.1, 0.15) is 31.2 Å². The fraction of sp³-hybridized carbons (Fsp3) is 0.588. The smallest absolute Gasteiger partial charge is 0.223 e.